The van der Waals surface area contributed by atoms with E-state index in [4.69, 9.17) is 10.5 Å². The van der Waals surface area contributed by atoms with Crippen LogP contribution in [-0.2, 0) is 4.74 Å². The first kappa shape index (κ1) is 13.1. The van der Waals surface area contributed by atoms with Crippen LogP contribution in [0.2, 0.25) is 0 Å². The van der Waals surface area contributed by atoms with Gasteiger partial charge in [0.2, 0.25) is 0 Å². The van der Waals surface area contributed by atoms with E-state index in [-0.39, 0.29) is 12.1 Å². The summed E-state index contributed by atoms with van der Waals surface area (Å²) in [6, 6.07) is 5.54. The molecule has 0 radical (unpaired) electrons. The second kappa shape index (κ2) is 5.22. The van der Waals surface area contributed by atoms with E-state index < -0.39 is 0 Å². The lowest BCUT2D eigenvalue weighted by Crippen LogP contribution is -2.47. The van der Waals surface area contributed by atoms with E-state index in [0.717, 1.165) is 29.6 Å². The van der Waals surface area contributed by atoms with Gasteiger partial charge in [0.05, 0.1) is 17.7 Å². The lowest BCUT2D eigenvalue weighted by molar-refractivity contribution is 0.0379. The van der Waals surface area contributed by atoms with Gasteiger partial charge in [0.1, 0.15) is 12.1 Å². The summed E-state index contributed by atoms with van der Waals surface area (Å²) in [5.74, 6) is 0.728. The van der Waals surface area contributed by atoms with Gasteiger partial charge in [-0.15, -0.1) is 0 Å². The van der Waals surface area contributed by atoms with E-state index in [0.29, 0.717) is 18.9 Å². The number of aliphatic hydroxyl groups excluding tert-OH is 1. The molecule has 0 bridgehead atoms. The molecule has 0 saturated carbocycles. The Morgan fingerprint density at radius 2 is 2.10 bits per heavy atom. The molecule has 1 saturated heterocycles. The third kappa shape index (κ3) is 2.39. The lowest BCUT2D eigenvalue weighted by atomic mass is 9.91. The summed E-state index contributed by atoms with van der Waals surface area (Å²) in [6.07, 6.45) is 3.02. The molecule has 6 heteroatoms. The predicted octanol–water partition coefficient (Wildman–Crippen LogP) is 1.17. The van der Waals surface area contributed by atoms with E-state index in [1.54, 1.807) is 0 Å². The third-order valence-electron chi connectivity index (χ3n) is 3.80. The maximum Gasteiger partial charge on any atom is 0.137 e. The zero-order valence-corrected chi connectivity index (χ0v) is 11.2. The maximum absolute atomic E-state index is 9.74. The van der Waals surface area contributed by atoms with Gasteiger partial charge in [-0.05, 0) is 31.0 Å². The molecule has 0 spiro atoms. The monoisotopic (exact) mass is 274 g/mol. The fourth-order valence-electron chi connectivity index (χ4n) is 2.51. The fraction of sp³-hybridized carbons (Fsp3) is 0.429. The number of nitrogens with one attached hydrogen (secondary N) is 1. The third-order valence-corrected chi connectivity index (χ3v) is 3.80. The molecule has 3 rings (SSSR count). The molecule has 6 nitrogen and oxygen atoms in total. The van der Waals surface area contributed by atoms with Gasteiger partial charge in [-0.2, -0.15) is 0 Å². The molecule has 1 fully saturated rings. The Labute approximate surface area is 117 Å². The van der Waals surface area contributed by atoms with Crippen LogP contribution in [0, 0.1) is 0 Å². The second-order valence-electron chi connectivity index (χ2n) is 5.17. The number of nitrogens with zero attached hydrogens (tertiary/aromatic N) is 2. The average molecular weight is 274 g/mol. The van der Waals surface area contributed by atoms with E-state index in [9.17, 15) is 5.11 Å². The number of rotatable bonds is 3. The van der Waals surface area contributed by atoms with Crippen LogP contribution >= 0.6 is 0 Å². The van der Waals surface area contributed by atoms with Crippen molar-refractivity contribution in [3.8, 4) is 0 Å². The Hall–Kier alpha value is -1.92. The van der Waals surface area contributed by atoms with Crippen molar-refractivity contribution in [1.82, 2.24) is 9.97 Å². The number of anilines is 2. The number of nitrogens with two attached hydrogens (primary N) is 1. The summed E-state index contributed by atoms with van der Waals surface area (Å²) in [5, 5.41) is 14.0. The molecule has 4 N–H and O–H groups in total. The zero-order chi connectivity index (χ0) is 14.0. The Balaban J connectivity index is 1.97. The first-order valence-corrected chi connectivity index (χ1v) is 6.69. The van der Waals surface area contributed by atoms with Crippen LogP contribution in [0.3, 0.4) is 0 Å². The number of hydrogen-bond acceptors (Lipinski definition) is 6. The summed E-state index contributed by atoms with van der Waals surface area (Å²) >= 11 is 0. The highest BCUT2D eigenvalue weighted by Crippen LogP contribution is 2.28. The molecular formula is C14H18N4O2. The molecule has 20 heavy (non-hydrogen) atoms. The van der Waals surface area contributed by atoms with Gasteiger partial charge in [0.15, 0.2) is 0 Å². The first-order valence-electron chi connectivity index (χ1n) is 6.69. The molecule has 2 aromatic rings. The minimum atomic E-state index is -0.374. The number of hydrogen-bond donors (Lipinski definition) is 3. The van der Waals surface area contributed by atoms with Crippen LogP contribution in [0.4, 0.5) is 11.5 Å². The number of benzene rings is 1. The van der Waals surface area contributed by atoms with Gasteiger partial charge in [0.25, 0.3) is 0 Å². The fourth-order valence-corrected chi connectivity index (χ4v) is 2.51. The minimum absolute atomic E-state index is 0.0524. The summed E-state index contributed by atoms with van der Waals surface area (Å²) in [5.41, 5.74) is 6.86. The highest BCUT2D eigenvalue weighted by molar-refractivity contribution is 5.90. The Kier molecular flexibility index (Phi) is 3.42. The van der Waals surface area contributed by atoms with Crippen LogP contribution in [0.5, 0.6) is 0 Å². The van der Waals surface area contributed by atoms with E-state index in [2.05, 4.69) is 15.3 Å². The highest BCUT2D eigenvalue weighted by Gasteiger charge is 2.32. The van der Waals surface area contributed by atoms with Crippen molar-refractivity contribution in [1.29, 1.82) is 0 Å². The smallest absolute Gasteiger partial charge is 0.137 e. The minimum Gasteiger partial charge on any atom is -0.399 e. The van der Waals surface area contributed by atoms with Crippen LogP contribution in [0.25, 0.3) is 10.9 Å². The van der Waals surface area contributed by atoms with Gasteiger partial charge in [-0.3, -0.25) is 0 Å². The number of aromatic nitrogens is 2. The molecular weight excluding hydrogens is 256 g/mol. The summed E-state index contributed by atoms with van der Waals surface area (Å²) in [7, 11) is 0. The van der Waals surface area contributed by atoms with Gasteiger partial charge in [-0.25, -0.2) is 9.97 Å². The van der Waals surface area contributed by atoms with E-state index >= 15 is 0 Å². The van der Waals surface area contributed by atoms with Crippen molar-refractivity contribution < 1.29 is 9.84 Å². The van der Waals surface area contributed by atoms with Crippen LogP contribution in [0.15, 0.2) is 24.5 Å². The van der Waals surface area contributed by atoms with Crippen molar-refractivity contribution in [3.63, 3.8) is 0 Å². The zero-order valence-electron chi connectivity index (χ0n) is 11.2. The molecule has 106 valence electrons. The average Bonchev–Trinajstić information content (AvgIpc) is 2.48. The van der Waals surface area contributed by atoms with Crippen LogP contribution in [0.1, 0.15) is 12.8 Å². The maximum atomic E-state index is 9.74. The van der Waals surface area contributed by atoms with E-state index in [1.165, 1.54) is 6.33 Å². The molecule has 1 aromatic carbocycles. The van der Waals surface area contributed by atoms with Gasteiger partial charge in [0, 0.05) is 24.3 Å². The molecule has 1 aliphatic heterocycles. The van der Waals surface area contributed by atoms with Gasteiger partial charge >= 0.3 is 0 Å². The van der Waals surface area contributed by atoms with Crippen LogP contribution < -0.4 is 11.1 Å². The highest BCUT2D eigenvalue weighted by atomic mass is 16.5. The SMILES string of the molecule is Nc1ccc2c(NC3(CO)CCOCC3)ncnc2c1. The topological polar surface area (TPSA) is 93.3 Å². The number of nitrogen functional groups attached to an aromatic ring is 1. The quantitative estimate of drug-likeness (QED) is 0.727. The lowest BCUT2D eigenvalue weighted by Gasteiger charge is -2.37. The molecule has 0 unspecified atom stereocenters. The standard InChI is InChI=1S/C14H18N4O2/c15-10-1-2-11-12(7-10)16-9-17-13(11)18-14(8-19)3-5-20-6-4-14/h1-2,7,9,19H,3-6,8,15H2,(H,16,17,18). The van der Waals surface area contributed by atoms with Crippen molar-refractivity contribution >= 4 is 22.4 Å². The molecule has 2 heterocycles. The molecule has 0 atom stereocenters. The van der Waals surface area contributed by atoms with Crippen LogP contribution in [-0.4, -0.2) is 40.4 Å². The molecule has 1 aromatic heterocycles. The Morgan fingerprint density at radius 1 is 1.30 bits per heavy atom. The largest absolute Gasteiger partial charge is 0.399 e. The Morgan fingerprint density at radius 3 is 2.85 bits per heavy atom. The second-order valence-corrected chi connectivity index (χ2v) is 5.17. The number of ether oxygens (including phenoxy) is 1. The van der Waals surface area contributed by atoms with Crippen molar-refractivity contribution in [2.45, 2.75) is 18.4 Å². The van der Waals surface area contributed by atoms with Gasteiger partial charge in [-0.1, -0.05) is 0 Å². The van der Waals surface area contributed by atoms with Crippen molar-refractivity contribution in [2.24, 2.45) is 0 Å². The first-order chi connectivity index (χ1) is 9.72. The summed E-state index contributed by atoms with van der Waals surface area (Å²) < 4.78 is 5.37. The Bertz CT molecular complexity index is 611. The number of fused-ring (bicyclic) bond motifs is 1. The van der Waals surface area contributed by atoms with Gasteiger partial charge < -0.3 is 20.9 Å². The van der Waals surface area contributed by atoms with Crippen molar-refractivity contribution in [2.75, 3.05) is 30.9 Å². The predicted molar refractivity (Wildman–Crippen MR) is 77.4 cm³/mol. The summed E-state index contributed by atoms with van der Waals surface area (Å²) in [6.45, 7) is 1.34. The number of aliphatic hydroxyl groups is 1. The van der Waals surface area contributed by atoms with E-state index in [1.807, 2.05) is 18.2 Å². The molecule has 0 amide bonds. The molecule has 1 aliphatic rings. The van der Waals surface area contributed by atoms with Crippen molar-refractivity contribution in [3.05, 3.63) is 24.5 Å². The normalized spacial score (nSPS) is 18.1. The summed E-state index contributed by atoms with van der Waals surface area (Å²) in [4.78, 5) is 8.53. The molecule has 0 aliphatic carbocycles.